The standard InChI is InChI=1S/C19H27N3O2S2/c1-25-17-5-3-2-4-16(17)21-19(24)18(23)20-12-14-6-9-22(10-7-14)15-8-11-26-13-15/h2-5,14-15H,6-13H2,1H3,(H,20,23)(H,21,24)/t15-/m0/s1. The first-order chi connectivity index (χ1) is 12.7. The zero-order valence-electron chi connectivity index (χ0n) is 15.2. The predicted octanol–water partition coefficient (Wildman–Crippen LogP) is 2.68. The van der Waals surface area contributed by atoms with E-state index in [0.717, 1.165) is 36.9 Å². The van der Waals surface area contributed by atoms with Crippen LogP contribution in [-0.2, 0) is 9.59 Å². The molecule has 0 aromatic heterocycles. The fourth-order valence-electron chi connectivity index (χ4n) is 3.58. The Labute approximate surface area is 164 Å². The van der Waals surface area contributed by atoms with Crippen molar-refractivity contribution in [1.29, 1.82) is 0 Å². The molecule has 2 aliphatic rings. The van der Waals surface area contributed by atoms with Crippen molar-refractivity contribution in [2.24, 2.45) is 5.92 Å². The maximum absolute atomic E-state index is 12.1. The molecule has 26 heavy (non-hydrogen) atoms. The minimum absolute atomic E-state index is 0.468. The summed E-state index contributed by atoms with van der Waals surface area (Å²) in [6, 6.07) is 8.25. The molecule has 0 bridgehead atoms. The third-order valence-corrected chi connectivity index (χ3v) is 7.12. The minimum atomic E-state index is -0.591. The number of carbonyl (C=O) groups excluding carboxylic acids is 2. The first-order valence-corrected chi connectivity index (χ1v) is 11.6. The largest absolute Gasteiger partial charge is 0.348 e. The summed E-state index contributed by atoms with van der Waals surface area (Å²) in [7, 11) is 0. The fourth-order valence-corrected chi connectivity index (χ4v) is 5.39. The van der Waals surface area contributed by atoms with E-state index in [4.69, 9.17) is 0 Å². The van der Waals surface area contributed by atoms with Gasteiger partial charge in [0.15, 0.2) is 0 Å². The SMILES string of the molecule is CSc1ccccc1NC(=O)C(=O)NCC1CCN([C@H]2CCSC2)CC1. The van der Waals surface area contributed by atoms with E-state index in [9.17, 15) is 9.59 Å². The summed E-state index contributed by atoms with van der Waals surface area (Å²) in [6.07, 6.45) is 5.45. The summed E-state index contributed by atoms with van der Waals surface area (Å²) < 4.78 is 0. The molecule has 5 nitrogen and oxygen atoms in total. The third kappa shape index (κ3) is 5.18. The first kappa shape index (κ1) is 19.6. The summed E-state index contributed by atoms with van der Waals surface area (Å²) in [5.41, 5.74) is 0.683. The van der Waals surface area contributed by atoms with Gasteiger partial charge in [-0.3, -0.25) is 14.5 Å². The van der Waals surface area contributed by atoms with Crippen molar-refractivity contribution < 1.29 is 9.59 Å². The maximum Gasteiger partial charge on any atom is 0.313 e. The number of hydrogen-bond acceptors (Lipinski definition) is 5. The molecule has 3 rings (SSSR count). The van der Waals surface area contributed by atoms with Gasteiger partial charge in [0.25, 0.3) is 0 Å². The second-order valence-corrected chi connectivity index (χ2v) is 8.86. The molecular formula is C19H27N3O2S2. The van der Waals surface area contributed by atoms with Crippen LogP contribution < -0.4 is 10.6 Å². The Kier molecular flexibility index (Phi) is 7.28. The highest BCUT2D eigenvalue weighted by Gasteiger charge is 2.27. The number of likely N-dealkylation sites (tertiary alicyclic amines) is 1. The van der Waals surface area contributed by atoms with Crippen LogP contribution in [0.2, 0.25) is 0 Å². The molecule has 2 saturated heterocycles. The number of carbonyl (C=O) groups is 2. The number of hydrogen-bond donors (Lipinski definition) is 2. The highest BCUT2D eigenvalue weighted by atomic mass is 32.2. The van der Waals surface area contributed by atoms with Crippen molar-refractivity contribution in [2.45, 2.75) is 30.2 Å². The highest BCUT2D eigenvalue weighted by molar-refractivity contribution is 7.99. The Morgan fingerprint density at radius 2 is 1.96 bits per heavy atom. The fraction of sp³-hybridized carbons (Fsp3) is 0.579. The smallest absolute Gasteiger partial charge is 0.313 e. The van der Waals surface area contributed by atoms with E-state index < -0.39 is 11.8 Å². The number of amides is 2. The normalized spacial score (nSPS) is 21.5. The van der Waals surface area contributed by atoms with E-state index in [1.165, 1.54) is 17.9 Å². The number of piperidine rings is 1. The molecule has 1 aromatic rings. The average molecular weight is 394 g/mol. The Bertz CT molecular complexity index is 627. The molecule has 0 aliphatic carbocycles. The van der Waals surface area contributed by atoms with E-state index in [1.54, 1.807) is 11.8 Å². The predicted molar refractivity (Wildman–Crippen MR) is 110 cm³/mol. The second kappa shape index (κ2) is 9.67. The van der Waals surface area contributed by atoms with Crippen LogP contribution in [0.4, 0.5) is 5.69 Å². The van der Waals surface area contributed by atoms with Crippen LogP contribution in [0, 0.1) is 5.92 Å². The van der Waals surface area contributed by atoms with Crippen molar-refractivity contribution in [1.82, 2.24) is 10.2 Å². The number of nitrogens with zero attached hydrogens (tertiary/aromatic N) is 1. The van der Waals surface area contributed by atoms with Crippen LogP contribution in [0.15, 0.2) is 29.2 Å². The summed E-state index contributed by atoms with van der Waals surface area (Å²) in [5, 5.41) is 5.52. The minimum Gasteiger partial charge on any atom is -0.348 e. The number of thioether (sulfide) groups is 2. The molecule has 2 amide bonds. The Hall–Kier alpha value is -1.18. The summed E-state index contributed by atoms with van der Waals surface area (Å²) >= 11 is 3.60. The third-order valence-electron chi connectivity index (χ3n) is 5.18. The van der Waals surface area contributed by atoms with Gasteiger partial charge in [0, 0.05) is 23.2 Å². The number of anilines is 1. The maximum atomic E-state index is 12.1. The van der Waals surface area contributed by atoms with Gasteiger partial charge in [0.2, 0.25) is 0 Å². The van der Waals surface area contributed by atoms with Crippen molar-refractivity contribution in [3.63, 3.8) is 0 Å². The molecule has 0 radical (unpaired) electrons. The second-order valence-electron chi connectivity index (χ2n) is 6.86. The monoisotopic (exact) mass is 393 g/mol. The zero-order valence-corrected chi connectivity index (χ0v) is 16.8. The van der Waals surface area contributed by atoms with Gasteiger partial charge in [-0.2, -0.15) is 11.8 Å². The van der Waals surface area contributed by atoms with Gasteiger partial charge in [0.05, 0.1) is 5.69 Å². The Morgan fingerprint density at radius 3 is 2.65 bits per heavy atom. The van der Waals surface area contributed by atoms with Crippen LogP contribution in [0.1, 0.15) is 19.3 Å². The lowest BCUT2D eigenvalue weighted by Gasteiger charge is -2.35. The molecule has 0 spiro atoms. The lowest BCUT2D eigenvalue weighted by molar-refractivity contribution is -0.136. The summed E-state index contributed by atoms with van der Waals surface area (Å²) in [5.74, 6) is 1.88. The van der Waals surface area contributed by atoms with Gasteiger partial charge in [-0.1, -0.05) is 12.1 Å². The van der Waals surface area contributed by atoms with Crippen LogP contribution in [-0.4, -0.2) is 60.2 Å². The van der Waals surface area contributed by atoms with Crippen LogP contribution >= 0.6 is 23.5 Å². The lowest BCUT2D eigenvalue weighted by Crippen LogP contribution is -2.45. The molecule has 1 aromatic carbocycles. The van der Waals surface area contributed by atoms with Gasteiger partial charge in [0.1, 0.15) is 0 Å². The van der Waals surface area contributed by atoms with Crippen molar-refractivity contribution >= 4 is 41.0 Å². The summed E-state index contributed by atoms with van der Waals surface area (Å²) in [4.78, 5) is 27.8. The van der Waals surface area contributed by atoms with Gasteiger partial charge >= 0.3 is 11.8 Å². The van der Waals surface area contributed by atoms with Gasteiger partial charge in [-0.05, 0) is 62.4 Å². The summed E-state index contributed by atoms with van der Waals surface area (Å²) in [6.45, 7) is 2.81. The van der Waals surface area contributed by atoms with Gasteiger partial charge in [-0.15, -0.1) is 11.8 Å². The molecule has 1 atom stereocenters. The van der Waals surface area contributed by atoms with Crippen LogP contribution in [0.3, 0.4) is 0 Å². The van der Waals surface area contributed by atoms with Crippen molar-refractivity contribution in [3.8, 4) is 0 Å². The van der Waals surface area contributed by atoms with E-state index in [0.29, 0.717) is 18.2 Å². The van der Waals surface area contributed by atoms with Crippen molar-refractivity contribution in [3.05, 3.63) is 24.3 Å². The molecule has 142 valence electrons. The number of para-hydroxylation sites is 1. The quantitative estimate of drug-likeness (QED) is 0.595. The zero-order chi connectivity index (χ0) is 18.4. The van der Waals surface area contributed by atoms with Gasteiger partial charge < -0.3 is 10.6 Å². The first-order valence-electron chi connectivity index (χ1n) is 9.21. The van der Waals surface area contributed by atoms with Crippen LogP contribution in [0.5, 0.6) is 0 Å². The Balaban J connectivity index is 1.40. The molecule has 2 aliphatic heterocycles. The molecule has 7 heteroatoms. The van der Waals surface area contributed by atoms with E-state index in [2.05, 4.69) is 27.3 Å². The van der Waals surface area contributed by atoms with Crippen LogP contribution in [0.25, 0.3) is 0 Å². The van der Waals surface area contributed by atoms with E-state index >= 15 is 0 Å². The van der Waals surface area contributed by atoms with Gasteiger partial charge in [-0.25, -0.2) is 0 Å². The Morgan fingerprint density at radius 1 is 1.19 bits per heavy atom. The lowest BCUT2D eigenvalue weighted by atomic mass is 9.95. The van der Waals surface area contributed by atoms with E-state index in [-0.39, 0.29) is 0 Å². The molecule has 2 N–H and O–H groups in total. The molecule has 2 fully saturated rings. The molecule has 2 heterocycles. The molecule has 0 unspecified atom stereocenters. The average Bonchev–Trinajstić information content (AvgIpc) is 3.21. The highest BCUT2D eigenvalue weighted by Crippen LogP contribution is 2.27. The topological polar surface area (TPSA) is 61.4 Å². The number of benzene rings is 1. The van der Waals surface area contributed by atoms with Crippen molar-refractivity contribution in [2.75, 3.05) is 42.7 Å². The molecular weight excluding hydrogens is 366 g/mol. The number of nitrogens with one attached hydrogen (secondary N) is 2. The van der Waals surface area contributed by atoms with E-state index in [1.807, 2.05) is 30.5 Å². The molecule has 0 saturated carbocycles. The number of rotatable bonds is 5.